The number of nitrogens with one attached hydrogen (secondary N) is 1. The van der Waals surface area contributed by atoms with Gasteiger partial charge in [-0.1, -0.05) is 24.7 Å². The molecule has 0 bridgehead atoms. The van der Waals surface area contributed by atoms with E-state index in [4.69, 9.17) is 0 Å². The maximum Gasteiger partial charge on any atom is 0.324 e. The molecule has 0 aromatic carbocycles. The zero-order valence-electron chi connectivity index (χ0n) is 12.9. The van der Waals surface area contributed by atoms with Crippen molar-refractivity contribution in [3.8, 4) is 0 Å². The Morgan fingerprint density at radius 1 is 1.52 bits per heavy atom. The van der Waals surface area contributed by atoms with Crippen LogP contribution in [0.4, 0.5) is 9.93 Å². The van der Waals surface area contributed by atoms with Crippen molar-refractivity contribution in [2.45, 2.75) is 64.5 Å². The molecule has 0 radical (unpaired) electrons. The molecule has 0 spiro atoms. The van der Waals surface area contributed by atoms with Crippen molar-refractivity contribution in [2.24, 2.45) is 0 Å². The minimum atomic E-state index is -0.888. The molecule has 6 nitrogen and oxygen atoms in total. The molecule has 2 amide bonds. The summed E-state index contributed by atoms with van der Waals surface area (Å²) in [6, 6.07) is -0.345. The van der Waals surface area contributed by atoms with Gasteiger partial charge in [-0.15, -0.1) is 10.2 Å². The second kappa shape index (κ2) is 6.70. The highest BCUT2D eigenvalue weighted by Gasteiger charge is 2.38. The molecule has 1 unspecified atom stereocenters. The van der Waals surface area contributed by atoms with Crippen LogP contribution in [0, 0.1) is 0 Å². The molecule has 1 aromatic rings. The van der Waals surface area contributed by atoms with Gasteiger partial charge in [-0.05, 0) is 33.1 Å². The first-order valence-electron chi connectivity index (χ1n) is 7.54. The van der Waals surface area contributed by atoms with E-state index in [0.29, 0.717) is 11.7 Å². The molecule has 2 rings (SSSR count). The molecule has 2 N–H and O–H groups in total. The predicted octanol–water partition coefficient (Wildman–Crippen LogP) is 2.65. The molecule has 7 heteroatoms. The SMILES string of the molecule is CCCCc1nnc(NC(=O)N2CCCC2C(C)(C)O)s1. The van der Waals surface area contributed by atoms with Gasteiger partial charge >= 0.3 is 6.03 Å². The summed E-state index contributed by atoms with van der Waals surface area (Å²) in [6.45, 7) is 6.30. The largest absolute Gasteiger partial charge is 0.388 e. The number of likely N-dealkylation sites (tertiary alicyclic amines) is 1. The van der Waals surface area contributed by atoms with E-state index in [1.165, 1.54) is 11.3 Å². The van der Waals surface area contributed by atoms with E-state index in [9.17, 15) is 9.90 Å². The Morgan fingerprint density at radius 2 is 2.29 bits per heavy atom. The number of amides is 2. The molecular formula is C14H24N4O2S. The van der Waals surface area contributed by atoms with Crippen molar-refractivity contribution in [3.63, 3.8) is 0 Å². The Kier molecular flexibility index (Phi) is 5.16. The topological polar surface area (TPSA) is 78.4 Å². The second-order valence-electron chi connectivity index (χ2n) is 6.04. The highest BCUT2D eigenvalue weighted by molar-refractivity contribution is 7.15. The number of carbonyl (C=O) groups is 1. The molecule has 0 saturated carbocycles. The lowest BCUT2D eigenvalue weighted by Gasteiger charge is -2.33. The fourth-order valence-electron chi connectivity index (χ4n) is 2.64. The fourth-order valence-corrected chi connectivity index (χ4v) is 3.41. The van der Waals surface area contributed by atoms with Crippen LogP contribution >= 0.6 is 11.3 Å². The van der Waals surface area contributed by atoms with Gasteiger partial charge in [-0.2, -0.15) is 0 Å². The van der Waals surface area contributed by atoms with Crippen molar-refractivity contribution >= 4 is 22.5 Å². The third-order valence-corrected chi connectivity index (χ3v) is 4.65. The number of carbonyl (C=O) groups excluding carboxylic acids is 1. The van der Waals surface area contributed by atoms with E-state index >= 15 is 0 Å². The lowest BCUT2D eigenvalue weighted by Crippen LogP contribution is -2.49. The minimum absolute atomic E-state index is 0.148. The molecule has 2 heterocycles. The average Bonchev–Trinajstić information content (AvgIpc) is 3.04. The molecule has 1 atom stereocenters. The Labute approximate surface area is 129 Å². The molecule has 0 aliphatic carbocycles. The van der Waals surface area contributed by atoms with E-state index in [2.05, 4.69) is 22.4 Å². The van der Waals surface area contributed by atoms with Crippen LogP contribution in [-0.4, -0.2) is 44.4 Å². The number of urea groups is 1. The van der Waals surface area contributed by atoms with Gasteiger partial charge in [0, 0.05) is 13.0 Å². The summed E-state index contributed by atoms with van der Waals surface area (Å²) in [4.78, 5) is 14.0. The Bertz CT molecular complexity index is 484. The number of anilines is 1. The number of aliphatic hydroxyl groups is 1. The second-order valence-corrected chi connectivity index (χ2v) is 7.10. The van der Waals surface area contributed by atoms with Crippen molar-refractivity contribution in [1.82, 2.24) is 15.1 Å². The molecule has 1 aliphatic heterocycles. The summed E-state index contributed by atoms with van der Waals surface area (Å²) in [5.74, 6) is 0. The summed E-state index contributed by atoms with van der Waals surface area (Å²) >= 11 is 1.43. The minimum Gasteiger partial charge on any atom is -0.388 e. The molecule has 1 fully saturated rings. The molecule has 118 valence electrons. The van der Waals surface area contributed by atoms with Crippen LogP contribution in [0.1, 0.15) is 51.5 Å². The van der Waals surface area contributed by atoms with Gasteiger partial charge < -0.3 is 10.0 Å². The zero-order chi connectivity index (χ0) is 15.5. The van der Waals surface area contributed by atoms with Crippen LogP contribution in [-0.2, 0) is 6.42 Å². The standard InChI is InChI=1S/C14H24N4O2S/c1-4-5-8-11-16-17-12(21-11)15-13(19)18-9-6-7-10(18)14(2,3)20/h10,20H,4-9H2,1-3H3,(H,15,17,19). The lowest BCUT2D eigenvalue weighted by atomic mass is 9.97. The van der Waals surface area contributed by atoms with Gasteiger partial charge in [0.15, 0.2) is 0 Å². The first-order chi connectivity index (χ1) is 9.91. The summed E-state index contributed by atoms with van der Waals surface area (Å²) in [7, 11) is 0. The third-order valence-electron chi connectivity index (χ3n) is 3.75. The highest BCUT2D eigenvalue weighted by Crippen LogP contribution is 2.27. The van der Waals surface area contributed by atoms with Crippen LogP contribution in [0.3, 0.4) is 0 Å². The molecule has 1 saturated heterocycles. The van der Waals surface area contributed by atoms with E-state index in [0.717, 1.165) is 37.1 Å². The fraction of sp³-hybridized carbons (Fsp3) is 0.786. The average molecular weight is 312 g/mol. The van der Waals surface area contributed by atoms with Crippen molar-refractivity contribution < 1.29 is 9.90 Å². The maximum absolute atomic E-state index is 12.3. The number of hydrogen-bond donors (Lipinski definition) is 2. The number of unbranched alkanes of at least 4 members (excludes halogenated alkanes) is 1. The monoisotopic (exact) mass is 312 g/mol. The molecule has 1 aromatic heterocycles. The number of aryl methyl sites for hydroxylation is 1. The highest BCUT2D eigenvalue weighted by atomic mass is 32.1. The van der Waals surface area contributed by atoms with E-state index in [1.54, 1.807) is 18.7 Å². The van der Waals surface area contributed by atoms with Crippen LogP contribution in [0.15, 0.2) is 0 Å². The van der Waals surface area contributed by atoms with Crippen molar-refractivity contribution in [1.29, 1.82) is 0 Å². The number of hydrogen-bond acceptors (Lipinski definition) is 5. The van der Waals surface area contributed by atoms with Gasteiger partial charge in [0.25, 0.3) is 0 Å². The van der Waals surface area contributed by atoms with Crippen molar-refractivity contribution in [3.05, 3.63) is 5.01 Å². The Morgan fingerprint density at radius 3 is 2.95 bits per heavy atom. The zero-order valence-corrected chi connectivity index (χ0v) is 13.7. The summed E-state index contributed by atoms with van der Waals surface area (Å²) in [5.41, 5.74) is -0.888. The van der Waals surface area contributed by atoms with Gasteiger partial charge in [-0.3, -0.25) is 5.32 Å². The van der Waals surface area contributed by atoms with Gasteiger partial charge in [0.1, 0.15) is 5.01 Å². The summed E-state index contributed by atoms with van der Waals surface area (Å²) in [6.07, 6.45) is 4.84. The number of aromatic nitrogens is 2. The third kappa shape index (κ3) is 4.14. The van der Waals surface area contributed by atoms with E-state index in [-0.39, 0.29) is 12.1 Å². The Hall–Kier alpha value is -1.21. The smallest absolute Gasteiger partial charge is 0.324 e. The first-order valence-corrected chi connectivity index (χ1v) is 8.36. The molecule has 21 heavy (non-hydrogen) atoms. The number of nitrogens with zero attached hydrogens (tertiary/aromatic N) is 3. The quantitative estimate of drug-likeness (QED) is 0.876. The van der Waals surface area contributed by atoms with Gasteiger partial charge in [0.2, 0.25) is 5.13 Å². The van der Waals surface area contributed by atoms with E-state index in [1.807, 2.05) is 0 Å². The lowest BCUT2D eigenvalue weighted by molar-refractivity contribution is 0.0117. The van der Waals surface area contributed by atoms with Crippen LogP contribution in [0.5, 0.6) is 0 Å². The molecular weight excluding hydrogens is 288 g/mol. The van der Waals surface area contributed by atoms with E-state index < -0.39 is 5.60 Å². The first kappa shape index (κ1) is 16.2. The van der Waals surface area contributed by atoms with Crippen LogP contribution in [0.25, 0.3) is 0 Å². The summed E-state index contributed by atoms with van der Waals surface area (Å²) < 4.78 is 0. The Balaban J connectivity index is 1.96. The summed E-state index contributed by atoms with van der Waals surface area (Å²) in [5, 5.41) is 22.5. The molecule has 1 aliphatic rings. The number of rotatable bonds is 5. The predicted molar refractivity (Wildman–Crippen MR) is 83.6 cm³/mol. The van der Waals surface area contributed by atoms with Crippen molar-refractivity contribution in [2.75, 3.05) is 11.9 Å². The van der Waals surface area contributed by atoms with Crippen LogP contribution in [0.2, 0.25) is 0 Å². The van der Waals surface area contributed by atoms with Gasteiger partial charge in [0.05, 0.1) is 11.6 Å². The van der Waals surface area contributed by atoms with Gasteiger partial charge in [-0.25, -0.2) is 4.79 Å². The normalized spacial score (nSPS) is 19.0. The van der Waals surface area contributed by atoms with Crippen LogP contribution < -0.4 is 5.32 Å². The maximum atomic E-state index is 12.3.